The lowest BCUT2D eigenvalue weighted by Crippen LogP contribution is -1.97. The molecule has 0 aliphatic heterocycles. The van der Waals surface area contributed by atoms with Crippen LogP contribution in [-0.4, -0.2) is 13.4 Å². The molecule has 0 N–H and O–H groups in total. The van der Waals surface area contributed by atoms with Gasteiger partial charge in [-0.2, -0.15) is 0 Å². The van der Waals surface area contributed by atoms with Crippen molar-refractivity contribution in [3.05, 3.63) is 29.3 Å². The molecule has 76 valence electrons. The van der Waals surface area contributed by atoms with Crippen LogP contribution < -0.4 is 4.74 Å². The van der Waals surface area contributed by atoms with Gasteiger partial charge in [-0.15, -0.1) is 0 Å². The zero-order chi connectivity index (χ0) is 10.6. The minimum Gasteiger partial charge on any atom is -0.496 e. The molecule has 2 heteroatoms. The fourth-order valence-electron chi connectivity index (χ4n) is 1.43. The van der Waals surface area contributed by atoms with E-state index in [4.69, 9.17) is 4.74 Å². The van der Waals surface area contributed by atoms with Gasteiger partial charge in [0.2, 0.25) is 0 Å². The third kappa shape index (κ3) is 2.13. The number of benzene rings is 1. The van der Waals surface area contributed by atoms with Crippen molar-refractivity contribution >= 4 is 6.29 Å². The monoisotopic (exact) mass is 192 g/mol. The molecule has 1 aromatic carbocycles. The number of carbonyl (C=O) groups excluding carboxylic acids is 1. The summed E-state index contributed by atoms with van der Waals surface area (Å²) in [4.78, 5) is 10.6. The van der Waals surface area contributed by atoms with Gasteiger partial charge >= 0.3 is 0 Å². The van der Waals surface area contributed by atoms with E-state index in [9.17, 15) is 4.79 Å². The number of carbonyl (C=O) groups is 1. The van der Waals surface area contributed by atoms with Crippen molar-refractivity contribution in [1.82, 2.24) is 0 Å². The molecule has 0 aromatic heterocycles. The maximum absolute atomic E-state index is 10.6. The number of hydrogen-bond acceptors (Lipinski definition) is 2. The van der Waals surface area contributed by atoms with Crippen LogP contribution in [0.1, 0.15) is 42.1 Å². The van der Waals surface area contributed by atoms with Gasteiger partial charge in [0.1, 0.15) is 12.0 Å². The van der Waals surface area contributed by atoms with Crippen molar-refractivity contribution in [1.29, 1.82) is 0 Å². The average molecular weight is 192 g/mol. The molecule has 1 atom stereocenters. The zero-order valence-corrected chi connectivity index (χ0v) is 8.91. The van der Waals surface area contributed by atoms with E-state index in [-0.39, 0.29) is 0 Å². The smallest absolute Gasteiger partial charge is 0.150 e. The van der Waals surface area contributed by atoms with E-state index in [1.807, 2.05) is 12.1 Å². The number of methoxy groups -OCH3 is 1. The quantitative estimate of drug-likeness (QED) is 0.685. The first-order valence-corrected chi connectivity index (χ1v) is 4.86. The molecule has 1 aromatic rings. The molecule has 1 rings (SSSR count). The third-order valence-corrected chi connectivity index (χ3v) is 2.53. The highest BCUT2D eigenvalue weighted by atomic mass is 16.5. The van der Waals surface area contributed by atoms with E-state index in [1.165, 1.54) is 0 Å². The Labute approximate surface area is 84.9 Å². The summed E-state index contributed by atoms with van der Waals surface area (Å²) in [6.07, 6.45) is 1.91. The average Bonchev–Trinajstić information content (AvgIpc) is 2.27. The first kappa shape index (κ1) is 10.8. The molecule has 0 fully saturated rings. The summed E-state index contributed by atoms with van der Waals surface area (Å²) in [5.41, 5.74) is 1.82. The van der Waals surface area contributed by atoms with Gasteiger partial charge in [0.25, 0.3) is 0 Å². The lowest BCUT2D eigenvalue weighted by Gasteiger charge is -2.14. The molecule has 0 radical (unpaired) electrons. The Hall–Kier alpha value is -1.31. The first-order chi connectivity index (χ1) is 6.72. The zero-order valence-electron chi connectivity index (χ0n) is 8.91. The molecule has 0 aliphatic rings. The largest absolute Gasteiger partial charge is 0.496 e. The van der Waals surface area contributed by atoms with E-state index >= 15 is 0 Å². The predicted molar refractivity (Wildman–Crippen MR) is 57.1 cm³/mol. The van der Waals surface area contributed by atoms with Crippen molar-refractivity contribution in [2.75, 3.05) is 7.11 Å². The van der Waals surface area contributed by atoms with Gasteiger partial charge in [-0.1, -0.05) is 13.8 Å². The Morgan fingerprint density at radius 1 is 1.50 bits per heavy atom. The number of hydrogen-bond donors (Lipinski definition) is 0. The van der Waals surface area contributed by atoms with Gasteiger partial charge < -0.3 is 4.74 Å². The first-order valence-electron chi connectivity index (χ1n) is 4.86. The van der Waals surface area contributed by atoms with Crippen molar-refractivity contribution in [2.45, 2.75) is 26.2 Å². The fraction of sp³-hybridized carbons (Fsp3) is 0.417. The van der Waals surface area contributed by atoms with Crippen molar-refractivity contribution in [2.24, 2.45) is 0 Å². The molecular weight excluding hydrogens is 176 g/mol. The lowest BCUT2D eigenvalue weighted by molar-refractivity contribution is 0.112. The molecule has 0 saturated heterocycles. The molecule has 0 saturated carbocycles. The standard InChI is InChI=1S/C12H16O2/c1-4-9(2)11-7-10(8-13)5-6-12(11)14-3/h5-9H,4H2,1-3H3/t9-/m1/s1. The van der Waals surface area contributed by atoms with Crippen molar-refractivity contribution in [3.8, 4) is 5.75 Å². The Morgan fingerprint density at radius 3 is 2.71 bits per heavy atom. The predicted octanol–water partition coefficient (Wildman–Crippen LogP) is 3.02. The van der Waals surface area contributed by atoms with Gasteiger partial charge in [-0.3, -0.25) is 4.79 Å². The highest BCUT2D eigenvalue weighted by Crippen LogP contribution is 2.29. The van der Waals surface area contributed by atoms with Crippen LogP contribution in [0.3, 0.4) is 0 Å². The molecule has 0 bridgehead atoms. The van der Waals surface area contributed by atoms with E-state index < -0.39 is 0 Å². The fourth-order valence-corrected chi connectivity index (χ4v) is 1.43. The summed E-state index contributed by atoms with van der Waals surface area (Å²) in [6.45, 7) is 4.25. The summed E-state index contributed by atoms with van der Waals surface area (Å²) in [7, 11) is 1.65. The van der Waals surface area contributed by atoms with E-state index in [2.05, 4.69) is 13.8 Å². The van der Waals surface area contributed by atoms with Crippen LogP contribution in [0.2, 0.25) is 0 Å². The van der Waals surface area contributed by atoms with E-state index in [0.717, 1.165) is 24.0 Å². The lowest BCUT2D eigenvalue weighted by atomic mass is 9.96. The second-order valence-corrected chi connectivity index (χ2v) is 3.43. The Bertz CT molecular complexity index is 318. The molecule has 0 aliphatic carbocycles. The summed E-state index contributed by atoms with van der Waals surface area (Å²) in [5.74, 6) is 1.29. The van der Waals surface area contributed by atoms with Crippen LogP contribution in [0.25, 0.3) is 0 Å². The molecule has 0 unspecified atom stereocenters. The molecule has 2 nitrogen and oxygen atoms in total. The van der Waals surface area contributed by atoms with Crippen LogP contribution in [0.4, 0.5) is 0 Å². The van der Waals surface area contributed by atoms with Crippen LogP contribution >= 0.6 is 0 Å². The Balaban J connectivity index is 3.14. The summed E-state index contributed by atoms with van der Waals surface area (Å²) >= 11 is 0. The van der Waals surface area contributed by atoms with E-state index in [1.54, 1.807) is 13.2 Å². The summed E-state index contributed by atoms with van der Waals surface area (Å²) < 4.78 is 5.25. The van der Waals surface area contributed by atoms with Crippen molar-refractivity contribution in [3.63, 3.8) is 0 Å². The minimum absolute atomic E-state index is 0.421. The highest BCUT2D eigenvalue weighted by Gasteiger charge is 2.10. The van der Waals surface area contributed by atoms with Gasteiger partial charge in [-0.25, -0.2) is 0 Å². The minimum atomic E-state index is 0.421. The van der Waals surface area contributed by atoms with Gasteiger partial charge in [-0.05, 0) is 36.1 Å². The normalized spacial score (nSPS) is 12.2. The van der Waals surface area contributed by atoms with Gasteiger partial charge in [0.05, 0.1) is 7.11 Å². The summed E-state index contributed by atoms with van der Waals surface area (Å²) in [6, 6.07) is 5.53. The van der Waals surface area contributed by atoms with Crippen LogP contribution in [0.5, 0.6) is 5.75 Å². The highest BCUT2D eigenvalue weighted by molar-refractivity contribution is 5.75. The Kier molecular flexibility index (Phi) is 3.69. The molecule has 14 heavy (non-hydrogen) atoms. The topological polar surface area (TPSA) is 26.3 Å². The third-order valence-electron chi connectivity index (χ3n) is 2.53. The molecule has 0 amide bonds. The molecule has 0 spiro atoms. The van der Waals surface area contributed by atoms with Crippen molar-refractivity contribution < 1.29 is 9.53 Å². The number of rotatable bonds is 4. The van der Waals surface area contributed by atoms with Crippen LogP contribution in [0.15, 0.2) is 18.2 Å². The van der Waals surface area contributed by atoms with Gasteiger partial charge in [0, 0.05) is 5.56 Å². The van der Waals surface area contributed by atoms with Gasteiger partial charge in [0.15, 0.2) is 0 Å². The van der Waals surface area contributed by atoms with Crippen LogP contribution in [-0.2, 0) is 0 Å². The molecule has 0 heterocycles. The number of ether oxygens (including phenoxy) is 1. The van der Waals surface area contributed by atoms with Crippen LogP contribution in [0, 0.1) is 0 Å². The Morgan fingerprint density at radius 2 is 2.21 bits per heavy atom. The number of aldehydes is 1. The second-order valence-electron chi connectivity index (χ2n) is 3.43. The molecular formula is C12H16O2. The summed E-state index contributed by atoms with van der Waals surface area (Å²) in [5, 5.41) is 0. The maximum atomic E-state index is 10.6. The SMILES string of the molecule is CC[C@@H](C)c1cc(C=O)ccc1OC. The van der Waals surface area contributed by atoms with E-state index in [0.29, 0.717) is 11.5 Å². The maximum Gasteiger partial charge on any atom is 0.150 e. The second kappa shape index (κ2) is 4.80.